The molecule has 0 aliphatic carbocycles. The highest BCUT2D eigenvalue weighted by Gasteiger charge is 2.13. The number of nitrogens with one attached hydrogen (secondary N) is 2. The van der Waals surface area contributed by atoms with Gasteiger partial charge in [0, 0.05) is 24.1 Å². The fraction of sp³-hybridized carbons (Fsp3) is 0.263. The van der Waals surface area contributed by atoms with Gasteiger partial charge in [0.05, 0.1) is 0 Å². The first-order valence-electron chi connectivity index (χ1n) is 7.63. The first-order chi connectivity index (χ1) is 10.9. The Balaban J connectivity index is 2.11. The molecule has 1 heterocycles. The van der Waals surface area contributed by atoms with Crippen LogP contribution in [0.1, 0.15) is 36.8 Å². The van der Waals surface area contributed by atoms with Gasteiger partial charge in [0.15, 0.2) is 0 Å². The summed E-state index contributed by atoms with van der Waals surface area (Å²) in [4.78, 5) is 16.0. The van der Waals surface area contributed by atoms with Crippen LogP contribution in [0.2, 0.25) is 0 Å². The molecule has 0 bridgehead atoms. The van der Waals surface area contributed by atoms with E-state index < -0.39 is 0 Å². The lowest BCUT2D eigenvalue weighted by atomic mass is 9.87. The first-order valence-corrected chi connectivity index (χ1v) is 7.63. The number of rotatable bonds is 5. The van der Waals surface area contributed by atoms with Gasteiger partial charge < -0.3 is 10.6 Å². The second-order valence-electron chi connectivity index (χ2n) is 6.38. The molecule has 0 aliphatic heterocycles. The summed E-state index contributed by atoms with van der Waals surface area (Å²) in [5, 5.41) is 6.01. The highest BCUT2D eigenvalue weighted by Crippen LogP contribution is 2.24. The standard InChI is InChI=1S/C19H23N3O/c1-5-11-21-18(23)17-13-16(10-12-20-17)22-15-8-6-14(7-9-15)19(2,3)4/h5-10,12-13H,1,11H2,2-4H3,(H,20,22)(H,21,23). The van der Waals surface area contributed by atoms with Crippen LogP contribution in [0.5, 0.6) is 0 Å². The van der Waals surface area contributed by atoms with E-state index >= 15 is 0 Å². The van der Waals surface area contributed by atoms with Crippen molar-refractivity contribution in [1.29, 1.82) is 0 Å². The Morgan fingerprint density at radius 2 is 1.87 bits per heavy atom. The summed E-state index contributed by atoms with van der Waals surface area (Å²) in [6.07, 6.45) is 3.26. The summed E-state index contributed by atoms with van der Waals surface area (Å²) in [6.45, 7) is 10.6. The Hall–Kier alpha value is -2.62. The van der Waals surface area contributed by atoms with Gasteiger partial charge in [-0.2, -0.15) is 0 Å². The number of hydrogen-bond acceptors (Lipinski definition) is 3. The van der Waals surface area contributed by atoms with Crippen LogP contribution in [0, 0.1) is 0 Å². The minimum Gasteiger partial charge on any atom is -0.355 e. The summed E-state index contributed by atoms with van der Waals surface area (Å²) in [7, 11) is 0. The van der Waals surface area contributed by atoms with Crippen molar-refractivity contribution in [2.24, 2.45) is 0 Å². The Labute approximate surface area is 137 Å². The zero-order valence-electron chi connectivity index (χ0n) is 13.9. The Morgan fingerprint density at radius 3 is 2.48 bits per heavy atom. The van der Waals surface area contributed by atoms with E-state index in [0.717, 1.165) is 11.4 Å². The topological polar surface area (TPSA) is 54.0 Å². The highest BCUT2D eigenvalue weighted by atomic mass is 16.1. The van der Waals surface area contributed by atoms with Crippen LogP contribution in [-0.4, -0.2) is 17.4 Å². The third-order valence-corrected chi connectivity index (χ3v) is 3.44. The van der Waals surface area contributed by atoms with Crippen LogP contribution in [0.3, 0.4) is 0 Å². The number of carbonyl (C=O) groups excluding carboxylic acids is 1. The molecule has 0 saturated heterocycles. The Morgan fingerprint density at radius 1 is 1.17 bits per heavy atom. The Bertz CT molecular complexity index is 685. The van der Waals surface area contributed by atoms with E-state index in [1.54, 1.807) is 18.3 Å². The average molecular weight is 309 g/mol. The number of hydrogen-bond donors (Lipinski definition) is 2. The molecule has 2 rings (SSSR count). The van der Waals surface area contributed by atoms with Gasteiger partial charge in [0.1, 0.15) is 5.69 Å². The maximum atomic E-state index is 11.9. The van der Waals surface area contributed by atoms with E-state index in [4.69, 9.17) is 0 Å². The summed E-state index contributed by atoms with van der Waals surface area (Å²) < 4.78 is 0. The summed E-state index contributed by atoms with van der Waals surface area (Å²) in [5.74, 6) is -0.211. The van der Waals surface area contributed by atoms with Crippen molar-refractivity contribution >= 4 is 17.3 Å². The first kappa shape index (κ1) is 16.7. The van der Waals surface area contributed by atoms with Crippen molar-refractivity contribution in [3.8, 4) is 0 Å². The van der Waals surface area contributed by atoms with E-state index in [1.807, 2.05) is 18.2 Å². The average Bonchev–Trinajstić information content (AvgIpc) is 2.52. The van der Waals surface area contributed by atoms with Gasteiger partial charge in [0.25, 0.3) is 5.91 Å². The fourth-order valence-corrected chi connectivity index (χ4v) is 2.11. The quantitative estimate of drug-likeness (QED) is 0.820. The maximum absolute atomic E-state index is 11.9. The molecular weight excluding hydrogens is 286 g/mol. The molecule has 120 valence electrons. The van der Waals surface area contributed by atoms with Crippen molar-refractivity contribution < 1.29 is 4.79 Å². The molecule has 2 N–H and O–H groups in total. The van der Waals surface area contributed by atoms with Gasteiger partial charge in [-0.05, 0) is 35.2 Å². The van der Waals surface area contributed by atoms with E-state index in [0.29, 0.717) is 12.2 Å². The molecule has 0 saturated carbocycles. The molecule has 4 nitrogen and oxygen atoms in total. The number of aromatic nitrogens is 1. The number of carbonyl (C=O) groups is 1. The summed E-state index contributed by atoms with van der Waals surface area (Å²) >= 11 is 0. The molecule has 0 atom stereocenters. The van der Waals surface area contributed by atoms with Crippen LogP contribution in [0.25, 0.3) is 0 Å². The van der Waals surface area contributed by atoms with Crippen LogP contribution < -0.4 is 10.6 Å². The summed E-state index contributed by atoms with van der Waals surface area (Å²) in [5.41, 5.74) is 3.59. The normalized spacial score (nSPS) is 10.9. The van der Waals surface area contributed by atoms with Crippen molar-refractivity contribution in [2.75, 3.05) is 11.9 Å². The minimum atomic E-state index is -0.211. The molecule has 0 spiro atoms. The fourth-order valence-electron chi connectivity index (χ4n) is 2.11. The van der Waals surface area contributed by atoms with E-state index in [2.05, 4.69) is 55.1 Å². The molecule has 2 aromatic rings. The molecular formula is C19H23N3O. The Kier molecular flexibility index (Phi) is 5.16. The lowest BCUT2D eigenvalue weighted by Gasteiger charge is -2.19. The molecule has 0 radical (unpaired) electrons. The molecule has 0 fully saturated rings. The molecule has 23 heavy (non-hydrogen) atoms. The van der Waals surface area contributed by atoms with Crippen LogP contribution in [0.15, 0.2) is 55.3 Å². The van der Waals surface area contributed by atoms with Crippen LogP contribution in [-0.2, 0) is 5.41 Å². The van der Waals surface area contributed by atoms with Crippen molar-refractivity contribution in [2.45, 2.75) is 26.2 Å². The highest BCUT2D eigenvalue weighted by molar-refractivity contribution is 5.93. The molecule has 1 aromatic heterocycles. The van der Waals surface area contributed by atoms with Gasteiger partial charge >= 0.3 is 0 Å². The van der Waals surface area contributed by atoms with Crippen LogP contribution in [0.4, 0.5) is 11.4 Å². The van der Waals surface area contributed by atoms with Gasteiger partial charge in [-0.25, -0.2) is 0 Å². The predicted molar refractivity (Wildman–Crippen MR) is 95.2 cm³/mol. The third-order valence-electron chi connectivity index (χ3n) is 3.44. The minimum absolute atomic E-state index is 0.131. The van der Waals surface area contributed by atoms with E-state index in [9.17, 15) is 4.79 Å². The SMILES string of the molecule is C=CCNC(=O)c1cc(Nc2ccc(C(C)(C)C)cc2)ccn1. The number of pyridine rings is 1. The zero-order valence-corrected chi connectivity index (χ0v) is 13.9. The van der Waals surface area contributed by atoms with Crippen molar-refractivity contribution in [3.05, 3.63) is 66.5 Å². The van der Waals surface area contributed by atoms with E-state index in [1.165, 1.54) is 5.56 Å². The molecule has 0 aliphatic rings. The maximum Gasteiger partial charge on any atom is 0.270 e. The van der Waals surface area contributed by atoms with Crippen molar-refractivity contribution in [1.82, 2.24) is 10.3 Å². The molecule has 0 unspecified atom stereocenters. The molecule has 4 heteroatoms. The monoisotopic (exact) mass is 309 g/mol. The number of nitrogens with zero attached hydrogens (tertiary/aromatic N) is 1. The van der Waals surface area contributed by atoms with Gasteiger partial charge in [-0.1, -0.05) is 39.0 Å². The van der Waals surface area contributed by atoms with Crippen molar-refractivity contribution in [3.63, 3.8) is 0 Å². The van der Waals surface area contributed by atoms with Crippen LogP contribution >= 0.6 is 0 Å². The lowest BCUT2D eigenvalue weighted by molar-refractivity contribution is 0.0953. The number of benzene rings is 1. The summed E-state index contributed by atoms with van der Waals surface area (Å²) in [6, 6.07) is 11.9. The second kappa shape index (κ2) is 7.09. The predicted octanol–water partition coefficient (Wildman–Crippen LogP) is 4.04. The second-order valence-corrected chi connectivity index (χ2v) is 6.38. The van der Waals surface area contributed by atoms with E-state index in [-0.39, 0.29) is 11.3 Å². The largest absolute Gasteiger partial charge is 0.355 e. The van der Waals surface area contributed by atoms with Gasteiger partial charge in [-0.15, -0.1) is 6.58 Å². The number of anilines is 2. The smallest absolute Gasteiger partial charge is 0.270 e. The third kappa shape index (κ3) is 4.68. The molecule has 1 amide bonds. The van der Waals surface area contributed by atoms with Gasteiger partial charge in [0.2, 0.25) is 0 Å². The van der Waals surface area contributed by atoms with Gasteiger partial charge in [-0.3, -0.25) is 9.78 Å². The number of amides is 1. The molecule has 1 aromatic carbocycles. The zero-order chi connectivity index (χ0) is 16.9. The lowest BCUT2D eigenvalue weighted by Crippen LogP contribution is -2.24.